The third-order valence-electron chi connectivity index (χ3n) is 3.20. The molecule has 0 saturated carbocycles. The maximum absolute atomic E-state index is 5.94. The fourth-order valence-corrected chi connectivity index (χ4v) is 2.08. The molecular formula is C14H14N4O. The summed E-state index contributed by atoms with van der Waals surface area (Å²) in [4.78, 5) is 0. The van der Waals surface area contributed by atoms with Crippen molar-refractivity contribution in [1.29, 1.82) is 0 Å². The summed E-state index contributed by atoms with van der Waals surface area (Å²) in [5, 5.41) is 8.41. The molecule has 5 heteroatoms. The molecule has 0 spiro atoms. The summed E-state index contributed by atoms with van der Waals surface area (Å²) in [7, 11) is 1.65. The lowest BCUT2D eigenvalue weighted by atomic mass is 10.2. The van der Waals surface area contributed by atoms with E-state index < -0.39 is 0 Å². The number of rotatable bonds is 2. The van der Waals surface area contributed by atoms with E-state index in [4.69, 9.17) is 10.5 Å². The lowest BCUT2D eigenvalue weighted by Gasteiger charge is -2.07. The number of nitrogen functional groups attached to an aromatic ring is 1. The first-order chi connectivity index (χ1) is 9.20. The Balaban J connectivity index is 2.21. The number of hydrogen-bond acceptors (Lipinski definition) is 4. The van der Waals surface area contributed by atoms with E-state index >= 15 is 0 Å². The molecule has 0 amide bonds. The van der Waals surface area contributed by atoms with Crippen molar-refractivity contribution < 1.29 is 4.74 Å². The topological polar surface area (TPSA) is 65.4 Å². The highest BCUT2D eigenvalue weighted by atomic mass is 16.5. The summed E-state index contributed by atoms with van der Waals surface area (Å²) in [5.41, 5.74) is 9.37. The third kappa shape index (κ3) is 1.79. The van der Waals surface area contributed by atoms with Gasteiger partial charge in [0.2, 0.25) is 0 Å². The molecular weight excluding hydrogens is 240 g/mol. The second kappa shape index (κ2) is 4.28. The minimum atomic E-state index is 0.724. The number of nitrogens with two attached hydrogens (primary N) is 1. The maximum Gasteiger partial charge on any atom is 0.168 e. The molecule has 0 bridgehead atoms. The molecule has 3 aromatic rings. The fourth-order valence-electron chi connectivity index (χ4n) is 2.08. The predicted octanol–water partition coefficient (Wildman–Crippen LogP) is 2.30. The van der Waals surface area contributed by atoms with Crippen molar-refractivity contribution in [2.24, 2.45) is 0 Å². The number of nitrogens with zero attached hydrogens (tertiary/aromatic N) is 3. The lowest BCUT2D eigenvalue weighted by molar-refractivity contribution is 0.415. The Labute approximate surface area is 110 Å². The average molecular weight is 254 g/mol. The molecule has 0 aliphatic heterocycles. The van der Waals surface area contributed by atoms with Crippen LogP contribution in [0.25, 0.3) is 17.0 Å². The largest absolute Gasteiger partial charge is 0.497 e. The molecule has 0 atom stereocenters. The van der Waals surface area contributed by atoms with Crippen LogP contribution in [0.4, 0.5) is 5.69 Å². The Morgan fingerprint density at radius 2 is 1.79 bits per heavy atom. The molecule has 0 aliphatic rings. The van der Waals surface area contributed by atoms with E-state index in [-0.39, 0.29) is 0 Å². The van der Waals surface area contributed by atoms with Crippen LogP contribution in [0.15, 0.2) is 36.4 Å². The van der Waals surface area contributed by atoms with Crippen LogP contribution in [0.5, 0.6) is 5.75 Å². The summed E-state index contributed by atoms with van der Waals surface area (Å²) in [6.45, 7) is 1.96. The number of methoxy groups -OCH3 is 1. The van der Waals surface area contributed by atoms with Crippen molar-refractivity contribution in [3.8, 4) is 17.1 Å². The van der Waals surface area contributed by atoms with Gasteiger partial charge in [-0.2, -0.15) is 0 Å². The Kier molecular flexibility index (Phi) is 2.59. The number of benzene rings is 1. The SMILES string of the molecule is COc1ccc(-c2nnc3ccc(N)c(C)n23)cc1. The van der Waals surface area contributed by atoms with E-state index in [1.807, 2.05) is 47.7 Å². The number of anilines is 1. The molecule has 19 heavy (non-hydrogen) atoms. The standard InChI is InChI=1S/C14H14N4O/c1-9-12(15)7-8-13-16-17-14(18(9)13)10-3-5-11(19-2)6-4-10/h3-8H,15H2,1-2H3. The van der Waals surface area contributed by atoms with Crippen molar-refractivity contribution in [2.75, 3.05) is 12.8 Å². The molecule has 2 heterocycles. The molecule has 2 N–H and O–H groups in total. The molecule has 3 rings (SSSR count). The van der Waals surface area contributed by atoms with Crippen LogP contribution in [-0.4, -0.2) is 21.7 Å². The van der Waals surface area contributed by atoms with E-state index in [2.05, 4.69) is 10.2 Å². The lowest BCUT2D eigenvalue weighted by Crippen LogP contribution is -1.99. The number of aryl methyl sites for hydroxylation is 1. The quantitative estimate of drug-likeness (QED) is 0.762. The first kappa shape index (κ1) is 11.5. The second-order valence-corrected chi connectivity index (χ2v) is 4.32. The summed E-state index contributed by atoms with van der Waals surface area (Å²) >= 11 is 0. The molecule has 0 aliphatic carbocycles. The first-order valence-corrected chi connectivity index (χ1v) is 5.95. The van der Waals surface area contributed by atoms with E-state index in [0.29, 0.717) is 0 Å². The zero-order chi connectivity index (χ0) is 13.4. The normalized spacial score (nSPS) is 10.8. The highest BCUT2D eigenvalue weighted by Gasteiger charge is 2.11. The van der Waals surface area contributed by atoms with Gasteiger partial charge in [-0.05, 0) is 43.3 Å². The van der Waals surface area contributed by atoms with Gasteiger partial charge in [-0.3, -0.25) is 4.40 Å². The van der Waals surface area contributed by atoms with Crippen LogP contribution < -0.4 is 10.5 Å². The van der Waals surface area contributed by atoms with E-state index in [9.17, 15) is 0 Å². The van der Waals surface area contributed by atoms with Gasteiger partial charge in [-0.25, -0.2) is 0 Å². The monoisotopic (exact) mass is 254 g/mol. The van der Waals surface area contributed by atoms with E-state index in [1.165, 1.54) is 0 Å². The summed E-state index contributed by atoms with van der Waals surface area (Å²) in [6.07, 6.45) is 0. The Bertz CT molecular complexity index is 731. The van der Waals surface area contributed by atoms with E-state index in [0.717, 1.165) is 34.2 Å². The molecule has 0 saturated heterocycles. The van der Waals surface area contributed by atoms with Crippen LogP contribution in [0.3, 0.4) is 0 Å². The Morgan fingerprint density at radius 3 is 2.47 bits per heavy atom. The van der Waals surface area contributed by atoms with Gasteiger partial charge in [0.15, 0.2) is 11.5 Å². The van der Waals surface area contributed by atoms with Crippen LogP contribution in [-0.2, 0) is 0 Å². The molecule has 5 nitrogen and oxygen atoms in total. The molecule has 96 valence electrons. The molecule has 0 fully saturated rings. The van der Waals surface area contributed by atoms with Crippen molar-refractivity contribution >= 4 is 11.3 Å². The minimum Gasteiger partial charge on any atom is -0.497 e. The minimum absolute atomic E-state index is 0.724. The van der Waals surface area contributed by atoms with Gasteiger partial charge in [0.1, 0.15) is 5.75 Å². The van der Waals surface area contributed by atoms with Gasteiger partial charge >= 0.3 is 0 Å². The van der Waals surface area contributed by atoms with Crippen molar-refractivity contribution in [3.05, 3.63) is 42.1 Å². The smallest absolute Gasteiger partial charge is 0.168 e. The third-order valence-corrected chi connectivity index (χ3v) is 3.20. The van der Waals surface area contributed by atoms with Crippen LogP contribution in [0.2, 0.25) is 0 Å². The number of ether oxygens (including phenoxy) is 1. The van der Waals surface area contributed by atoms with Gasteiger partial charge in [0.25, 0.3) is 0 Å². The zero-order valence-electron chi connectivity index (χ0n) is 10.8. The van der Waals surface area contributed by atoms with Crippen LogP contribution in [0.1, 0.15) is 5.69 Å². The Morgan fingerprint density at radius 1 is 1.05 bits per heavy atom. The number of hydrogen-bond donors (Lipinski definition) is 1. The highest BCUT2D eigenvalue weighted by Crippen LogP contribution is 2.24. The first-order valence-electron chi connectivity index (χ1n) is 5.95. The van der Waals surface area contributed by atoms with Gasteiger partial charge < -0.3 is 10.5 Å². The maximum atomic E-state index is 5.94. The van der Waals surface area contributed by atoms with E-state index in [1.54, 1.807) is 7.11 Å². The molecule has 1 aromatic carbocycles. The van der Waals surface area contributed by atoms with Crippen LogP contribution >= 0.6 is 0 Å². The van der Waals surface area contributed by atoms with Gasteiger partial charge in [-0.15, -0.1) is 10.2 Å². The number of fused-ring (bicyclic) bond motifs is 1. The number of pyridine rings is 1. The summed E-state index contributed by atoms with van der Waals surface area (Å²) < 4.78 is 7.11. The number of aromatic nitrogens is 3. The summed E-state index contributed by atoms with van der Waals surface area (Å²) in [5.74, 6) is 1.59. The van der Waals surface area contributed by atoms with Crippen molar-refractivity contribution in [1.82, 2.24) is 14.6 Å². The predicted molar refractivity (Wildman–Crippen MR) is 74.1 cm³/mol. The Hall–Kier alpha value is -2.56. The highest BCUT2D eigenvalue weighted by molar-refractivity contribution is 5.63. The molecule has 2 aromatic heterocycles. The van der Waals surface area contributed by atoms with Gasteiger partial charge in [-0.1, -0.05) is 0 Å². The second-order valence-electron chi connectivity index (χ2n) is 4.32. The van der Waals surface area contributed by atoms with Crippen molar-refractivity contribution in [2.45, 2.75) is 6.92 Å². The zero-order valence-corrected chi connectivity index (χ0v) is 10.8. The fraction of sp³-hybridized carbons (Fsp3) is 0.143. The molecule has 0 radical (unpaired) electrons. The van der Waals surface area contributed by atoms with Gasteiger partial charge in [0, 0.05) is 11.3 Å². The summed E-state index contributed by atoms with van der Waals surface area (Å²) in [6, 6.07) is 11.4. The van der Waals surface area contributed by atoms with Gasteiger partial charge in [0.05, 0.1) is 12.8 Å². The average Bonchev–Trinajstić information content (AvgIpc) is 2.88. The van der Waals surface area contributed by atoms with Crippen molar-refractivity contribution in [3.63, 3.8) is 0 Å². The molecule has 0 unspecified atom stereocenters. The van der Waals surface area contributed by atoms with Crippen LogP contribution in [0, 0.1) is 6.92 Å².